The number of benzene rings is 2. The molecule has 0 spiro atoms. The van der Waals surface area contributed by atoms with Crippen LogP contribution >= 0.6 is 0 Å². The van der Waals surface area contributed by atoms with Crippen molar-refractivity contribution in [2.75, 3.05) is 20.5 Å². The summed E-state index contributed by atoms with van der Waals surface area (Å²) >= 11 is 0. The van der Waals surface area contributed by atoms with Gasteiger partial charge in [0.25, 0.3) is 0 Å². The molecule has 0 aliphatic carbocycles. The highest BCUT2D eigenvalue weighted by Gasteiger charge is 2.37. The zero-order valence-electron chi connectivity index (χ0n) is 16.3. The van der Waals surface area contributed by atoms with Crippen LogP contribution in [-0.2, 0) is 22.4 Å². The average Bonchev–Trinajstić information content (AvgIpc) is 3.27. The number of methoxy groups -OCH3 is 1. The van der Waals surface area contributed by atoms with Crippen LogP contribution in [0.2, 0.25) is 0 Å². The second kappa shape index (κ2) is 7.26. The first-order valence-electron chi connectivity index (χ1n) is 9.38. The minimum Gasteiger partial charge on any atom is -0.507 e. The van der Waals surface area contributed by atoms with Crippen molar-refractivity contribution in [3.8, 4) is 23.0 Å². The van der Waals surface area contributed by atoms with Gasteiger partial charge in [0.2, 0.25) is 12.5 Å². The largest absolute Gasteiger partial charge is 0.507 e. The SMILES string of the molecule is COc1cc(CC2C(=O)OCC2Cc2cc(C)c(O)c(C)c2)cc2c1OCO2. The molecule has 0 aromatic heterocycles. The van der Waals surface area contributed by atoms with Crippen LogP contribution in [0.15, 0.2) is 24.3 Å². The van der Waals surface area contributed by atoms with Gasteiger partial charge in [0.05, 0.1) is 19.6 Å². The molecule has 0 bridgehead atoms. The van der Waals surface area contributed by atoms with Gasteiger partial charge in [0.15, 0.2) is 11.5 Å². The van der Waals surface area contributed by atoms with Gasteiger partial charge in [0.1, 0.15) is 5.75 Å². The first-order chi connectivity index (χ1) is 13.5. The van der Waals surface area contributed by atoms with Gasteiger partial charge in [-0.3, -0.25) is 4.79 Å². The second-order valence-electron chi connectivity index (χ2n) is 7.51. The third-order valence-corrected chi connectivity index (χ3v) is 5.53. The molecule has 2 heterocycles. The van der Waals surface area contributed by atoms with Crippen molar-refractivity contribution in [1.82, 2.24) is 0 Å². The Balaban J connectivity index is 1.56. The zero-order chi connectivity index (χ0) is 19.8. The summed E-state index contributed by atoms with van der Waals surface area (Å²) < 4.78 is 21.7. The molecule has 0 amide bonds. The van der Waals surface area contributed by atoms with E-state index in [1.807, 2.05) is 38.1 Å². The average molecular weight is 384 g/mol. The summed E-state index contributed by atoms with van der Waals surface area (Å²) in [5.41, 5.74) is 3.74. The van der Waals surface area contributed by atoms with Crippen molar-refractivity contribution >= 4 is 5.97 Å². The molecule has 2 aromatic rings. The molecule has 1 saturated heterocycles. The van der Waals surface area contributed by atoms with Crippen molar-refractivity contribution < 1.29 is 28.8 Å². The van der Waals surface area contributed by atoms with E-state index in [-0.39, 0.29) is 24.6 Å². The van der Waals surface area contributed by atoms with Crippen molar-refractivity contribution in [2.24, 2.45) is 11.8 Å². The molecular weight excluding hydrogens is 360 g/mol. The van der Waals surface area contributed by atoms with Gasteiger partial charge in [0, 0.05) is 5.92 Å². The number of phenols is 1. The van der Waals surface area contributed by atoms with Gasteiger partial charge in [-0.25, -0.2) is 0 Å². The maximum Gasteiger partial charge on any atom is 0.309 e. The quantitative estimate of drug-likeness (QED) is 0.797. The van der Waals surface area contributed by atoms with Gasteiger partial charge in [-0.2, -0.15) is 0 Å². The Morgan fingerprint density at radius 1 is 1.04 bits per heavy atom. The van der Waals surface area contributed by atoms with Gasteiger partial charge in [-0.05, 0) is 61.1 Å². The minimum atomic E-state index is -0.237. The maximum atomic E-state index is 12.4. The summed E-state index contributed by atoms with van der Waals surface area (Å²) in [5, 5.41) is 9.99. The third-order valence-electron chi connectivity index (χ3n) is 5.53. The summed E-state index contributed by atoms with van der Waals surface area (Å²) in [6, 6.07) is 7.75. The lowest BCUT2D eigenvalue weighted by Gasteiger charge is -2.17. The summed E-state index contributed by atoms with van der Waals surface area (Å²) in [7, 11) is 1.59. The lowest BCUT2D eigenvalue weighted by Crippen LogP contribution is -2.20. The number of ether oxygens (including phenoxy) is 4. The fourth-order valence-electron chi connectivity index (χ4n) is 4.08. The van der Waals surface area contributed by atoms with Crippen molar-refractivity contribution in [3.63, 3.8) is 0 Å². The van der Waals surface area contributed by atoms with Crippen molar-refractivity contribution in [2.45, 2.75) is 26.7 Å². The van der Waals surface area contributed by atoms with E-state index >= 15 is 0 Å². The number of hydrogen-bond acceptors (Lipinski definition) is 6. The van der Waals surface area contributed by atoms with Gasteiger partial charge in [-0.1, -0.05) is 12.1 Å². The lowest BCUT2D eigenvalue weighted by atomic mass is 9.84. The van der Waals surface area contributed by atoms with Crippen LogP contribution < -0.4 is 14.2 Å². The number of fused-ring (bicyclic) bond motifs is 1. The fourth-order valence-corrected chi connectivity index (χ4v) is 4.08. The standard InChI is InChI=1S/C22H24O6/c1-12-4-14(5-13(2)20(12)23)6-16-10-26-22(24)17(16)7-15-8-18(25-3)21-19(9-15)27-11-28-21/h4-5,8-9,16-17,23H,6-7,10-11H2,1-3H3. The molecule has 1 N–H and O–H groups in total. The number of hydrogen-bond donors (Lipinski definition) is 1. The smallest absolute Gasteiger partial charge is 0.309 e. The fraction of sp³-hybridized carbons (Fsp3) is 0.409. The summed E-state index contributed by atoms with van der Waals surface area (Å²) in [6.45, 7) is 4.35. The second-order valence-corrected chi connectivity index (χ2v) is 7.51. The number of aromatic hydroxyl groups is 1. The van der Waals surface area contributed by atoms with Gasteiger partial charge in [-0.15, -0.1) is 0 Å². The first-order valence-corrected chi connectivity index (χ1v) is 9.38. The van der Waals surface area contributed by atoms with E-state index in [9.17, 15) is 9.90 Å². The monoisotopic (exact) mass is 384 g/mol. The van der Waals surface area contributed by atoms with Crippen LogP contribution in [0.3, 0.4) is 0 Å². The number of carbonyl (C=O) groups excluding carboxylic acids is 1. The number of rotatable bonds is 5. The summed E-state index contributed by atoms with van der Waals surface area (Å²) in [5.74, 6) is 1.85. The Labute approximate surface area is 164 Å². The first kappa shape index (κ1) is 18.5. The number of esters is 1. The van der Waals surface area contributed by atoms with E-state index in [1.54, 1.807) is 7.11 Å². The molecule has 0 radical (unpaired) electrons. The lowest BCUT2D eigenvalue weighted by molar-refractivity contribution is -0.141. The number of carbonyl (C=O) groups is 1. The summed E-state index contributed by atoms with van der Waals surface area (Å²) in [6.07, 6.45) is 1.27. The Morgan fingerprint density at radius 3 is 2.46 bits per heavy atom. The molecule has 2 aliphatic heterocycles. The highest BCUT2D eigenvalue weighted by atomic mass is 16.7. The molecule has 2 aromatic carbocycles. The van der Waals surface area contributed by atoms with Crippen LogP contribution in [-0.4, -0.2) is 31.6 Å². The van der Waals surface area contributed by atoms with Crippen LogP contribution in [0.5, 0.6) is 23.0 Å². The highest BCUT2D eigenvalue weighted by molar-refractivity contribution is 5.75. The highest BCUT2D eigenvalue weighted by Crippen LogP contribution is 2.43. The molecule has 6 nitrogen and oxygen atoms in total. The Bertz CT molecular complexity index is 896. The Hall–Kier alpha value is -2.89. The zero-order valence-corrected chi connectivity index (χ0v) is 16.3. The van der Waals surface area contributed by atoms with E-state index in [0.717, 1.165) is 28.7 Å². The van der Waals surface area contributed by atoms with E-state index < -0.39 is 0 Å². The Morgan fingerprint density at radius 2 is 1.75 bits per heavy atom. The summed E-state index contributed by atoms with van der Waals surface area (Å²) in [4.78, 5) is 12.4. The van der Waals surface area contributed by atoms with E-state index in [0.29, 0.717) is 36.0 Å². The number of aryl methyl sites for hydroxylation is 2. The molecule has 28 heavy (non-hydrogen) atoms. The van der Waals surface area contributed by atoms with Crippen LogP contribution in [0.1, 0.15) is 22.3 Å². The van der Waals surface area contributed by atoms with Crippen molar-refractivity contribution in [3.05, 3.63) is 46.5 Å². The van der Waals surface area contributed by atoms with Crippen LogP contribution in [0, 0.1) is 25.7 Å². The van der Waals surface area contributed by atoms with E-state index in [1.165, 1.54) is 0 Å². The minimum absolute atomic E-state index is 0.0762. The molecule has 2 atom stereocenters. The molecule has 148 valence electrons. The third kappa shape index (κ3) is 3.35. The molecule has 1 fully saturated rings. The predicted octanol–water partition coefficient (Wildman–Crippen LogP) is 3.32. The molecule has 6 heteroatoms. The van der Waals surface area contributed by atoms with Gasteiger partial charge >= 0.3 is 5.97 Å². The van der Waals surface area contributed by atoms with Crippen molar-refractivity contribution in [1.29, 1.82) is 0 Å². The van der Waals surface area contributed by atoms with Crippen LogP contribution in [0.25, 0.3) is 0 Å². The number of phenolic OH excluding ortho intramolecular Hbond substituents is 1. The van der Waals surface area contributed by atoms with Crippen LogP contribution in [0.4, 0.5) is 0 Å². The maximum absolute atomic E-state index is 12.4. The topological polar surface area (TPSA) is 74.2 Å². The predicted molar refractivity (Wildman–Crippen MR) is 102 cm³/mol. The normalized spacial score (nSPS) is 20.3. The molecule has 2 unspecified atom stereocenters. The van der Waals surface area contributed by atoms with E-state index in [4.69, 9.17) is 18.9 Å². The molecule has 2 aliphatic rings. The Kier molecular flexibility index (Phi) is 4.79. The molecular formula is C22H24O6. The van der Waals surface area contributed by atoms with Gasteiger partial charge < -0.3 is 24.1 Å². The molecule has 4 rings (SSSR count). The molecule has 0 saturated carbocycles. The number of cyclic esters (lactones) is 1. The van der Waals surface area contributed by atoms with E-state index in [2.05, 4.69) is 0 Å².